The van der Waals surface area contributed by atoms with Gasteiger partial charge in [-0.3, -0.25) is 10.2 Å². The van der Waals surface area contributed by atoms with Crippen molar-refractivity contribution in [3.05, 3.63) is 234 Å². The molecule has 12 heterocycles. The Morgan fingerprint density at radius 3 is 1.01 bits per heavy atom. The summed E-state index contributed by atoms with van der Waals surface area (Å²) in [5.41, 5.74) is 9.01. The monoisotopic (exact) mass is 1630 g/mol. The summed E-state index contributed by atoms with van der Waals surface area (Å²) in [6, 6.07) is 53.2. The van der Waals surface area contributed by atoms with Gasteiger partial charge in [-0.15, -0.1) is 46.5 Å². The van der Waals surface area contributed by atoms with Gasteiger partial charge in [0, 0.05) is 113 Å². The molecule has 4 aliphatic heterocycles. The second-order valence-electron chi connectivity index (χ2n) is 21.8. The second kappa shape index (κ2) is 31.2. The van der Waals surface area contributed by atoms with Gasteiger partial charge < -0.3 is 48.6 Å². The summed E-state index contributed by atoms with van der Waals surface area (Å²) < 4.78 is 9.60. The van der Waals surface area contributed by atoms with E-state index in [4.69, 9.17) is 0 Å². The van der Waals surface area contributed by atoms with Crippen molar-refractivity contribution in [3.8, 4) is 22.8 Å². The first-order valence-corrected chi connectivity index (χ1v) is 30.4. The number of para-hydroxylation sites is 4. The summed E-state index contributed by atoms with van der Waals surface area (Å²) in [5, 5.41) is 23.5. The summed E-state index contributed by atoms with van der Waals surface area (Å²) >= 11 is 0. The standard InChI is InChI=1S/C28H24N6.C26H22N8.2C7H9N6.2Ir/c1-3-11-23(12-4-1)33-21-31(25-15-9-17-29-27(25)33)19-7-8-20-32-22-34(24-13-5-2-6-14-24)28-26(32)16-10-18-30-28;1-3-9-21(10-4-1)33-19-31(23-25(33)29-15-13-27-23)17-7-8-18-32-20-34(22-11-5-2-6-12-22)26-24(32)28-14-16-30-26;2*1-11-4-6(8-9-11)7-5-12(2)10-13(7)3;;/h1-6,9-11,13,15-18,21-22H,7-8,19-20H2;1-6,9,11,13-16,19-20H,7-8,17-18H2;2*1-3H3;;/q2*-4;2*-1;;. The normalized spacial score (nSPS) is 13.1. The number of nitrogens with zero attached hydrogens (tertiary/aromatic N) is 26. The molecule has 0 amide bonds. The van der Waals surface area contributed by atoms with Crippen LogP contribution in [0.3, 0.4) is 0 Å². The third-order valence-electron chi connectivity index (χ3n) is 15.1. The maximum absolute atomic E-state index is 4.63. The molecule has 0 atom stereocenters. The van der Waals surface area contributed by atoms with Gasteiger partial charge in [0.15, 0.2) is 0 Å². The van der Waals surface area contributed by atoms with Crippen LogP contribution in [0.1, 0.15) is 25.7 Å². The Morgan fingerprint density at radius 1 is 0.375 bits per heavy atom. The topological polar surface area (TPSA) is 208 Å². The minimum absolute atomic E-state index is 0. The predicted octanol–water partition coefficient (Wildman–Crippen LogP) is 7.49. The first-order chi connectivity index (χ1) is 46.1. The van der Waals surface area contributed by atoms with Crippen LogP contribution in [0.15, 0.2) is 159 Å². The smallest absolute Gasteiger partial charge is 0.143 e. The van der Waals surface area contributed by atoms with E-state index in [1.807, 2.05) is 133 Å². The third-order valence-corrected chi connectivity index (χ3v) is 15.1. The molecule has 26 nitrogen and oxygen atoms in total. The van der Waals surface area contributed by atoms with Crippen LogP contribution < -0.4 is 48.6 Å². The molecule has 4 aliphatic rings. The van der Waals surface area contributed by atoms with E-state index in [0.29, 0.717) is 11.4 Å². The maximum Gasteiger partial charge on any atom is 0.143 e. The number of rotatable bonds is 16. The summed E-state index contributed by atoms with van der Waals surface area (Å²) in [5.74, 6) is 5.30. The number of aryl methyl sites for hydroxylation is 6. The Bertz CT molecular complexity index is 3940. The SMILES string of the molecule is Cn1[c-]c(-c2[c-][n+](C)nn2C)nn1.Cn1[c-]c(-c2[c-][n+](C)nn2C)nn1.[Ir].[Ir].[c-]1ccccc1N1[CH-]N(CCCCN2[CH-]N(c3[c-]cccc3)c3ncccc32)c2cccnc21.[c-]1ccccc1N1[CH-]N(CCCCN2[CH-]N(c3[c-]cccc3)c3nccnc32)c2nccnc21. The first kappa shape index (κ1) is 67.0. The number of aromatic nitrogens is 18. The summed E-state index contributed by atoms with van der Waals surface area (Å²) in [4.78, 5) is 44.7. The summed E-state index contributed by atoms with van der Waals surface area (Å²) in [6.07, 6.45) is 26.5. The van der Waals surface area contributed by atoms with Crippen LogP contribution in [0, 0.1) is 75.7 Å². The number of unbranched alkanes of at least 4 members (excludes halogenated alkanes) is 2. The molecule has 28 heteroatoms. The van der Waals surface area contributed by atoms with Gasteiger partial charge in [-0.1, -0.05) is 23.8 Å². The molecule has 0 aliphatic carbocycles. The Morgan fingerprint density at radius 2 is 0.698 bits per heavy atom. The molecule has 0 unspecified atom stereocenters. The van der Waals surface area contributed by atoms with Crippen LogP contribution in [-0.2, 0) is 82.5 Å². The van der Waals surface area contributed by atoms with Crippen molar-refractivity contribution in [1.29, 1.82) is 0 Å². The number of hydrogen-bond acceptors (Lipinski definition) is 20. The zero-order chi connectivity index (χ0) is 64.3. The Labute approximate surface area is 585 Å². The summed E-state index contributed by atoms with van der Waals surface area (Å²) in [7, 11) is 10.8. The third kappa shape index (κ3) is 15.2. The molecule has 2 radical (unpaired) electrons. The molecule has 4 aromatic carbocycles. The van der Waals surface area contributed by atoms with Gasteiger partial charge >= 0.3 is 0 Å². The van der Waals surface area contributed by atoms with Gasteiger partial charge in [-0.25, -0.2) is 61.0 Å². The Balaban J connectivity index is 0.000000141. The van der Waals surface area contributed by atoms with Gasteiger partial charge in [-0.2, -0.15) is 146 Å². The number of fused-ring (bicyclic) bond motifs is 4. The van der Waals surface area contributed by atoms with Crippen LogP contribution in [0.25, 0.3) is 22.8 Å². The molecule has 0 N–H and O–H groups in total. The molecule has 0 spiro atoms. The fraction of sp³-hybridized carbons (Fsp3) is 0.206. The van der Waals surface area contributed by atoms with Crippen molar-refractivity contribution < 1.29 is 49.6 Å². The first-order valence-electron chi connectivity index (χ1n) is 30.4. The van der Waals surface area contributed by atoms with Crippen molar-refractivity contribution in [3.63, 3.8) is 0 Å². The van der Waals surface area contributed by atoms with Crippen molar-refractivity contribution in [2.75, 3.05) is 65.4 Å². The van der Waals surface area contributed by atoms with Gasteiger partial charge in [0.05, 0.1) is 28.2 Å². The molecule has 494 valence electrons. The van der Waals surface area contributed by atoms with E-state index >= 15 is 0 Å². The largest absolute Gasteiger partial charge is 0.500 e. The van der Waals surface area contributed by atoms with E-state index < -0.39 is 0 Å². The van der Waals surface area contributed by atoms with E-state index in [1.54, 1.807) is 71.7 Å². The molecular weight excluding hydrogens is 1570 g/mol. The minimum atomic E-state index is 0. The maximum atomic E-state index is 4.63. The Hall–Kier alpha value is -10.4. The van der Waals surface area contributed by atoms with E-state index in [-0.39, 0.29) is 40.2 Å². The average molecular weight is 1630 g/mol. The Kier molecular flexibility index (Phi) is 21.8. The molecular formula is C68H64Ir2N26-10. The van der Waals surface area contributed by atoms with E-state index in [9.17, 15) is 0 Å². The molecule has 16 rings (SSSR count). The predicted molar refractivity (Wildman–Crippen MR) is 351 cm³/mol. The van der Waals surface area contributed by atoms with E-state index in [2.05, 4.69) is 190 Å². The molecule has 8 aromatic heterocycles. The van der Waals surface area contributed by atoms with Gasteiger partial charge in [0.25, 0.3) is 0 Å². The van der Waals surface area contributed by atoms with Gasteiger partial charge in [0.1, 0.15) is 34.9 Å². The number of anilines is 12. The fourth-order valence-electron chi connectivity index (χ4n) is 10.9. The zero-order valence-electron chi connectivity index (χ0n) is 53.3. The number of benzene rings is 4. The van der Waals surface area contributed by atoms with Gasteiger partial charge in [0.2, 0.25) is 0 Å². The minimum Gasteiger partial charge on any atom is -0.500 e. The van der Waals surface area contributed by atoms with Crippen LogP contribution in [-0.4, -0.2) is 106 Å². The van der Waals surface area contributed by atoms with Crippen LogP contribution in [0.5, 0.6) is 0 Å². The molecule has 12 aromatic rings. The van der Waals surface area contributed by atoms with E-state index in [0.717, 1.165) is 132 Å². The fourth-order valence-corrected chi connectivity index (χ4v) is 10.9. The molecule has 96 heavy (non-hydrogen) atoms. The molecule has 0 bridgehead atoms. The van der Waals surface area contributed by atoms with Crippen molar-refractivity contribution in [2.24, 2.45) is 42.3 Å². The van der Waals surface area contributed by atoms with E-state index in [1.165, 1.54) is 9.36 Å². The quantitative estimate of drug-likeness (QED) is 0.0521. The zero-order valence-corrected chi connectivity index (χ0v) is 58.1. The van der Waals surface area contributed by atoms with Crippen LogP contribution in [0.4, 0.5) is 69.0 Å². The summed E-state index contributed by atoms with van der Waals surface area (Å²) in [6.45, 7) is 11.9. The number of pyridine rings is 2. The van der Waals surface area contributed by atoms with Crippen molar-refractivity contribution in [2.45, 2.75) is 25.7 Å². The van der Waals surface area contributed by atoms with Crippen LogP contribution >= 0.6 is 0 Å². The van der Waals surface area contributed by atoms with Crippen molar-refractivity contribution >= 4 is 69.0 Å². The molecule has 0 saturated heterocycles. The average Bonchev–Trinajstić information content (AvgIpc) is 1.68. The van der Waals surface area contributed by atoms with Gasteiger partial charge in [-0.05, 0) is 76.1 Å². The van der Waals surface area contributed by atoms with Crippen LogP contribution in [0.2, 0.25) is 0 Å². The van der Waals surface area contributed by atoms with Crippen molar-refractivity contribution in [1.82, 2.24) is 79.7 Å². The molecule has 0 fully saturated rings. The second-order valence-corrected chi connectivity index (χ2v) is 21.8. The molecule has 0 saturated carbocycles. The number of hydrogen-bond donors (Lipinski definition) is 0.